The number of nitrogens with two attached hydrogens (primary N) is 2. The van der Waals surface area contributed by atoms with E-state index in [1.807, 2.05) is 29.2 Å². The Morgan fingerprint density at radius 3 is 2.47 bits per heavy atom. The molecule has 0 saturated carbocycles. The van der Waals surface area contributed by atoms with E-state index in [4.69, 9.17) is 11.5 Å². The molecule has 1 aliphatic rings. The van der Waals surface area contributed by atoms with Gasteiger partial charge in [-0.2, -0.15) is 0 Å². The summed E-state index contributed by atoms with van der Waals surface area (Å²) in [6.07, 6.45) is 0. The van der Waals surface area contributed by atoms with Crippen LogP contribution in [-0.2, 0) is 0 Å². The van der Waals surface area contributed by atoms with Crippen LogP contribution in [0.1, 0.15) is 10.4 Å². The van der Waals surface area contributed by atoms with Crippen LogP contribution in [0.2, 0.25) is 0 Å². The van der Waals surface area contributed by atoms with Crippen molar-refractivity contribution >= 4 is 11.6 Å². The highest BCUT2D eigenvalue weighted by molar-refractivity contribution is 5.95. The van der Waals surface area contributed by atoms with Gasteiger partial charge < -0.3 is 21.7 Å². The lowest BCUT2D eigenvalue weighted by atomic mass is 9.99. The Morgan fingerprint density at radius 2 is 1.94 bits per heavy atom. The maximum Gasteiger partial charge on any atom is 0.253 e. The summed E-state index contributed by atoms with van der Waals surface area (Å²) < 4.78 is 0. The van der Waals surface area contributed by atoms with E-state index in [-0.39, 0.29) is 5.91 Å². The van der Waals surface area contributed by atoms with Crippen molar-refractivity contribution in [2.45, 2.75) is 0 Å². The van der Waals surface area contributed by atoms with Crippen LogP contribution in [0.3, 0.4) is 0 Å². The normalized spacial score (nSPS) is 15.5. The number of amides is 1. The largest absolute Gasteiger partial charge is 0.373 e. The molecule has 0 spiro atoms. The topological polar surface area (TPSA) is 84.4 Å². The molecule has 5 N–H and O–H groups in total. The van der Waals surface area contributed by atoms with Gasteiger partial charge in [0.15, 0.2) is 0 Å². The second kappa shape index (κ2) is 5.16. The predicted octanol–water partition coefficient (Wildman–Crippen LogP) is 0.0454. The van der Waals surface area contributed by atoms with Crippen molar-refractivity contribution in [1.29, 1.82) is 0 Å². The fraction of sp³-hybridized carbons (Fsp3) is 0.417. The number of anilines is 1. The molecule has 0 bridgehead atoms. The van der Waals surface area contributed by atoms with E-state index in [2.05, 4.69) is 5.32 Å². The molecular weight excluding hydrogens is 216 g/mol. The van der Waals surface area contributed by atoms with Crippen LogP contribution < -0.4 is 16.8 Å². The van der Waals surface area contributed by atoms with Gasteiger partial charge in [-0.15, -0.1) is 0 Å². The molecule has 0 aromatic heterocycles. The maximum atomic E-state index is 12.0. The first kappa shape index (κ1) is 11.9. The van der Waals surface area contributed by atoms with Crippen LogP contribution in [0.5, 0.6) is 0 Å². The molecule has 1 fully saturated rings. The fourth-order valence-electron chi connectivity index (χ4n) is 1.92. The lowest BCUT2D eigenvalue weighted by Gasteiger charge is -2.38. The van der Waals surface area contributed by atoms with Crippen molar-refractivity contribution in [2.24, 2.45) is 17.4 Å². The van der Waals surface area contributed by atoms with Crippen LogP contribution in [0.25, 0.3) is 0 Å². The molecule has 1 amide bonds. The van der Waals surface area contributed by atoms with Gasteiger partial charge >= 0.3 is 0 Å². The van der Waals surface area contributed by atoms with Crippen LogP contribution in [0.4, 0.5) is 5.69 Å². The minimum Gasteiger partial charge on any atom is -0.373 e. The molecule has 1 heterocycles. The Bertz CT molecular complexity index is 384. The third-order valence-electron chi connectivity index (χ3n) is 3.02. The number of hydrogen-bond donors (Lipinski definition) is 3. The summed E-state index contributed by atoms with van der Waals surface area (Å²) in [4.78, 5) is 13.8. The van der Waals surface area contributed by atoms with Crippen molar-refractivity contribution < 1.29 is 4.79 Å². The standard InChI is InChI=1S/C12H18N4O/c13-5-9-6-16(7-9)12(17)10-1-3-11(4-2-10)15-8-14/h1-4,9,15H,5-8,13-14H2. The molecular formula is C12H18N4O. The molecule has 0 atom stereocenters. The van der Waals surface area contributed by atoms with Gasteiger partial charge in [-0.3, -0.25) is 4.79 Å². The van der Waals surface area contributed by atoms with E-state index in [9.17, 15) is 4.79 Å². The molecule has 0 unspecified atom stereocenters. The van der Waals surface area contributed by atoms with Crippen LogP contribution in [-0.4, -0.2) is 37.1 Å². The van der Waals surface area contributed by atoms with Gasteiger partial charge in [-0.05, 0) is 30.8 Å². The van der Waals surface area contributed by atoms with Crippen molar-refractivity contribution in [2.75, 3.05) is 31.6 Å². The number of rotatable bonds is 4. The fourth-order valence-corrected chi connectivity index (χ4v) is 1.92. The first-order valence-electron chi connectivity index (χ1n) is 5.78. The zero-order chi connectivity index (χ0) is 12.3. The van der Waals surface area contributed by atoms with E-state index < -0.39 is 0 Å². The summed E-state index contributed by atoms with van der Waals surface area (Å²) in [6.45, 7) is 2.59. The molecule has 1 aliphatic heterocycles. The summed E-state index contributed by atoms with van der Waals surface area (Å²) in [5.41, 5.74) is 12.5. The Balaban J connectivity index is 1.96. The smallest absolute Gasteiger partial charge is 0.253 e. The minimum atomic E-state index is 0.0778. The van der Waals surface area contributed by atoms with E-state index in [0.29, 0.717) is 24.7 Å². The summed E-state index contributed by atoms with van der Waals surface area (Å²) in [5.74, 6) is 0.547. The molecule has 1 aromatic carbocycles. The molecule has 5 nitrogen and oxygen atoms in total. The number of nitrogens with one attached hydrogen (secondary N) is 1. The number of carbonyl (C=O) groups is 1. The highest BCUT2D eigenvalue weighted by atomic mass is 16.2. The molecule has 17 heavy (non-hydrogen) atoms. The van der Waals surface area contributed by atoms with Crippen LogP contribution in [0, 0.1) is 5.92 Å². The number of hydrogen-bond acceptors (Lipinski definition) is 4. The Hall–Kier alpha value is -1.59. The second-order valence-electron chi connectivity index (χ2n) is 4.27. The van der Waals surface area contributed by atoms with Gasteiger partial charge in [-0.1, -0.05) is 0 Å². The minimum absolute atomic E-state index is 0.0778. The number of likely N-dealkylation sites (tertiary alicyclic amines) is 1. The maximum absolute atomic E-state index is 12.0. The summed E-state index contributed by atoms with van der Waals surface area (Å²) in [7, 11) is 0. The van der Waals surface area contributed by atoms with Crippen molar-refractivity contribution in [3.05, 3.63) is 29.8 Å². The Labute approximate surface area is 101 Å². The van der Waals surface area contributed by atoms with Gasteiger partial charge in [0.25, 0.3) is 5.91 Å². The highest BCUT2D eigenvalue weighted by Gasteiger charge is 2.29. The third-order valence-corrected chi connectivity index (χ3v) is 3.02. The Kier molecular flexibility index (Phi) is 3.61. The first-order valence-corrected chi connectivity index (χ1v) is 5.78. The van der Waals surface area contributed by atoms with Crippen LogP contribution in [0.15, 0.2) is 24.3 Å². The zero-order valence-electron chi connectivity index (χ0n) is 9.73. The quantitative estimate of drug-likeness (QED) is 0.642. The molecule has 1 saturated heterocycles. The van der Waals surface area contributed by atoms with E-state index in [1.54, 1.807) is 0 Å². The average molecular weight is 234 g/mol. The lowest BCUT2D eigenvalue weighted by molar-refractivity contribution is 0.0515. The van der Waals surface area contributed by atoms with E-state index >= 15 is 0 Å². The van der Waals surface area contributed by atoms with Crippen molar-refractivity contribution in [3.8, 4) is 0 Å². The van der Waals surface area contributed by atoms with Gasteiger partial charge in [0.05, 0.1) is 6.67 Å². The Morgan fingerprint density at radius 1 is 1.29 bits per heavy atom. The van der Waals surface area contributed by atoms with Crippen LogP contribution >= 0.6 is 0 Å². The zero-order valence-corrected chi connectivity index (χ0v) is 9.73. The second-order valence-corrected chi connectivity index (χ2v) is 4.27. The van der Waals surface area contributed by atoms with Gasteiger partial charge in [0.2, 0.25) is 0 Å². The van der Waals surface area contributed by atoms with Gasteiger partial charge in [-0.25, -0.2) is 0 Å². The first-order chi connectivity index (χ1) is 8.24. The summed E-state index contributed by atoms with van der Waals surface area (Å²) in [6, 6.07) is 7.35. The summed E-state index contributed by atoms with van der Waals surface area (Å²) in [5, 5.41) is 2.98. The van der Waals surface area contributed by atoms with Crippen molar-refractivity contribution in [3.63, 3.8) is 0 Å². The highest BCUT2D eigenvalue weighted by Crippen LogP contribution is 2.18. The van der Waals surface area contributed by atoms with Gasteiger partial charge in [0, 0.05) is 30.3 Å². The number of benzene rings is 1. The molecule has 2 rings (SSSR count). The van der Waals surface area contributed by atoms with Gasteiger partial charge in [0.1, 0.15) is 0 Å². The monoisotopic (exact) mass is 234 g/mol. The third kappa shape index (κ3) is 2.57. The lowest BCUT2D eigenvalue weighted by Crippen LogP contribution is -2.52. The summed E-state index contributed by atoms with van der Waals surface area (Å²) >= 11 is 0. The average Bonchev–Trinajstić information content (AvgIpc) is 2.29. The molecule has 1 aromatic rings. The molecule has 92 valence electrons. The predicted molar refractivity (Wildman–Crippen MR) is 67.6 cm³/mol. The molecule has 0 radical (unpaired) electrons. The van der Waals surface area contributed by atoms with Crippen molar-refractivity contribution in [1.82, 2.24) is 4.90 Å². The number of nitrogens with zero attached hydrogens (tertiary/aromatic N) is 1. The molecule has 0 aliphatic carbocycles. The molecule has 5 heteroatoms. The SMILES string of the molecule is NCNc1ccc(C(=O)N2CC(CN)C2)cc1. The number of carbonyl (C=O) groups excluding carboxylic acids is 1. The van der Waals surface area contributed by atoms with E-state index in [1.165, 1.54) is 0 Å². The van der Waals surface area contributed by atoms with E-state index in [0.717, 1.165) is 18.8 Å².